The average molecular weight is 344 g/mol. The van der Waals surface area contributed by atoms with Crippen LogP contribution in [-0.2, 0) is 11.2 Å². The highest BCUT2D eigenvalue weighted by atomic mass is 35.5. The number of aromatic nitrogens is 1. The molecule has 0 aliphatic rings. The van der Waals surface area contributed by atoms with Gasteiger partial charge in [-0.2, -0.15) is 0 Å². The maximum absolute atomic E-state index is 12.9. The van der Waals surface area contributed by atoms with Gasteiger partial charge in [-0.3, -0.25) is 9.59 Å². The van der Waals surface area contributed by atoms with E-state index in [1.165, 1.54) is 7.11 Å². The van der Waals surface area contributed by atoms with Crippen LogP contribution in [0.5, 0.6) is 5.75 Å². The summed E-state index contributed by atoms with van der Waals surface area (Å²) >= 11 is 5.98. The molecule has 1 heterocycles. The highest BCUT2D eigenvalue weighted by Gasteiger charge is 2.21. The first-order valence-electron chi connectivity index (χ1n) is 7.20. The van der Waals surface area contributed by atoms with Gasteiger partial charge in [0, 0.05) is 27.1 Å². The quantitative estimate of drug-likeness (QED) is 0.692. The second-order valence-electron chi connectivity index (χ2n) is 5.30. The van der Waals surface area contributed by atoms with Gasteiger partial charge in [-0.15, -0.1) is 0 Å². The number of halogens is 1. The van der Waals surface area contributed by atoms with Gasteiger partial charge in [-0.25, -0.2) is 0 Å². The number of rotatable bonds is 5. The Hall–Kier alpha value is -2.79. The summed E-state index contributed by atoms with van der Waals surface area (Å²) in [4.78, 5) is 27.1. The number of hydrogen-bond acceptors (Lipinski definition) is 3. The molecule has 6 heteroatoms. The Labute approximate surface area is 142 Å². The lowest BCUT2D eigenvalue weighted by Crippen LogP contribution is -2.09. The van der Waals surface area contributed by atoms with Crippen molar-refractivity contribution in [2.75, 3.05) is 7.11 Å². The molecule has 0 unspecified atom stereocenters. The Morgan fingerprint density at radius 1 is 1.21 bits per heavy atom. The molecule has 0 fully saturated rings. The minimum atomic E-state index is -1.01. The van der Waals surface area contributed by atoms with Crippen LogP contribution in [0.4, 0.5) is 0 Å². The predicted octanol–water partition coefficient (Wildman–Crippen LogP) is 3.69. The number of ether oxygens (including phenoxy) is 1. The van der Waals surface area contributed by atoms with Gasteiger partial charge in [0.15, 0.2) is 0 Å². The number of carboxylic acid groups (broad SMARTS) is 1. The minimum Gasteiger partial charge on any atom is -0.497 e. The van der Waals surface area contributed by atoms with Crippen molar-refractivity contribution < 1.29 is 19.4 Å². The number of nitrogens with one attached hydrogen (secondary N) is 1. The summed E-state index contributed by atoms with van der Waals surface area (Å²) in [6, 6.07) is 11.8. The molecule has 122 valence electrons. The zero-order valence-electron chi connectivity index (χ0n) is 12.8. The lowest BCUT2D eigenvalue weighted by Gasteiger charge is -2.05. The Morgan fingerprint density at radius 2 is 2.00 bits per heavy atom. The summed E-state index contributed by atoms with van der Waals surface area (Å²) in [7, 11) is 1.52. The van der Waals surface area contributed by atoms with E-state index in [0.29, 0.717) is 32.8 Å². The SMILES string of the molecule is COc1cccc(C(=O)c2[nH]c3cc(Cl)ccc3c2CC(=O)O)c1. The number of benzene rings is 2. The number of carbonyl (C=O) groups excluding carboxylic acids is 1. The Kier molecular flexibility index (Phi) is 4.27. The molecule has 3 aromatic rings. The fourth-order valence-electron chi connectivity index (χ4n) is 2.67. The fraction of sp³-hybridized carbons (Fsp3) is 0.111. The molecule has 2 N–H and O–H groups in total. The third-order valence-corrected chi connectivity index (χ3v) is 3.99. The Balaban J connectivity index is 2.16. The van der Waals surface area contributed by atoms with Gasteiger partial charge in [-0.05, 0) is 24.3 Å². The molecule has 1 aromatic heterocycles. The standard InChI is InChI=1S/C18H14ClNO4/c1-24-12-4-2-3-10(7-12)18(23)17-14(9-16(21)22)13-6-5-11(19)8-15(13)20-17/h2-8,20H,9H2,1H3,(H,21,22). The summed E-state index contributed by atoms with van der Waals surface area (Å²) in [6.45, 7) is 0. The Morgan fingerprint density at radius 3 is 2.71 bits per heavy atom. The monoisotopic (exact) mass is 343 g/mol. The number of aliphatic carboxylic acids is 1. The van der Waals surface area contributed by atoms with Crippen LogP contribution in [0.2, 0.25) is 5.02 Å². The minimum absolute atomic E-state index is 0.253. The predicted molar refractivity (Wildman–Crippen MR) is 91.1 cm³/mol. The topological polar surface area (TPSA) is 79.4 Å². The van der Waals surface area contributed by atoms with Gasteiger partial charge in [0.2, 0.25) is 5.78 Å². The summed E-state index contributed by atoms with van der Waals surface area (Å²) in [5.41, 5.74) is 1.74. The van der Waals surface area contributed by atoms with E-state index in [2.05, 4.69) is 4.98 Å². The molecule has 0 aliphatic heterocycles. The molecule has 0 spiro atoms. The lowest BCUT2D eigenvalue weighted by molar-refractivity contribution is -0.136. The van der Waals surface area contributed by atoms with Crippen LogP contribution in [0, 0.1) is 0 Å². The first kappa shape index (κ1) is 16.1. The molecule has 0 radical (unpaired) electrons. The summed E-state index contributed by atoms with van der Waals surface area (Å²) < 4.78 is 5.14. The number of ketones is 1. The number of hydrogen-bond donors (Lipinski definition) is 2. The van der Waals surface area contributed by atoms with Gasteiger partial charge in [0.05, 0.1) is 19.2 Å². The molecule has 5 nitrogen and oxygen atoms in total. The summed E-state index contributed by atoms with van der Waals surface area (Å²) in [5, 5.41) is 10.4. The first-order chi connectivity index (χ1) is 11.5. The molecule has 0 atom stereocenters. The zero-order valence-corrected chi connectivity index (χ0v) is 13.6. The van der Waals surface area contributed by atoms with E-state index < -0.39 is 5.97 Å². The number of methoxy groups -OCH3 is 1. The van der Waals surface area contributed by atoms with E-state index >= 15 is 0 Å². The van der Waals surface area contributed by atoms with Crippen molar-refractivity contribution in [2.45, 2.75) is 6.42 Å². The third kappa shape index (κ3) is 2.98. The van der Waals surface area contributed by atoms with Crippen LogP contribution < -0.4 is 4.74 Å². The molecular weight excluding hydrogens is 330 g/mol. The highest BCUT2D eigenvalue weighted by Crippen LogP contribution is 2.28. The molecule has 0 bridgehead atoms. The summed E-state index contributed by atoms with van der Waals surface area (Å²) in [6.07, 6.45) is -0.257. The molecule has 24 heavy (non-hydrogen) atoms. The van der Waals surface area contributed by atoms with Crippen molar-refractivity contribution in [1.82, 2.24) is 4.98 Å². The second kappa shape index (κ2) is 6.37. The van der Waals surface area contributed by atoms with E-state index in [9.17, 15) is 14.7 Å². The van der Waals surface area contributed by atoms with E-state index in [1.54, 1.807) is 42.5 Å². The normalized spacial score (nSPS) is 10.8. The third-order valence-electron chi connectivity index (χ3n) is 3.76. The summed E-state index contributed by atoms with van der Waals surface area (Å²) in [5.74, 6) is -0.747. The molecule has 0 saturated carbocycles. The van der Waals surface area contributed by atoms with Crippen molar-refractivity contribution in [3.05, 3.63) is 64.3 Å². The number of fused-ring (bicyclic) bond motifs is 1. The fourth-order valence-corrected chi connectivity index (χ4v) is 2.84. The molecular formula is C18H14ClNO4. The number of aromatic amines is 1. The number of H-pyrrole nitrogens is 1. The van der Waals surface area contributed by atoms with Gasteiger partial charge >= 0.3 is 5.97 Å². The first-order valence-corrected chi connectivity index (χ1v) is 7.58. The van der Waals surface area contributed by atoms with Crippen LogP contribution in [0.3, 0.4) is 0 Å². The maximum Gasteiger partial charge on any atom is 0.307 e. The van der Waals surface area contributed by atoms with E-state index in [0.717, 1.165) is 0 Å². The largest absolute Gasteiger partial charge is 0.497 e. The van der Waals surface area contributed by atoms with Crippen LogP contribution in [-0.4, -0.2) is 29.0 Å². The van der Waals surface area contributed by atoms with Crippen LogP contribution >= 0.6 is 11.6 Å². The molecule has 0 amide bonds. The number of carbonyl (C=O) groups is 2. The second-order valence-corrected chi connectivity index (χ2v) is 5.74. The van der Waals surface area contributed by atoms with Crippen LogP contribution in [0.25, 0.3) is 10.9 Å². The number of carboxylic acids is 1. The van der Waals surface area contributed by atoms with Crippen LogP contribution in [0.15, 0.2) is 42.5 Å². The van der Waals surface area contributed by atoms with Crippen LogP contribution in [0.1, 0.15) is 21.6 Å². The van der Waals surface area contributed by atoms with Crippen molar-refractivity contribution in [2.24, 2.45) is 0 Å². The smallest absolute Gasteiger partial charge is 0.307 e. The van der Waals surface area contributed by atoms with Gasteiger partial charge in [0.25, 0.3) is 0 Å². The van der Waals surface area contributed by atoms with Crippen molar-refractivity contribution in [3.63, 3.8) is 0 Å². The van der Waals surface area contributed by atoms with Gasteiger partial charge in [-0.1, -0.05) is 29.8 Å². The molecule has 0 saturated heterocycles. The molecule has 0 aliphatic carbocycles. The van der Waals surface area contributed by atoms with Crippen molar-refractivity contribution >= 4 is 34.3 Å². The zero-order chi connectivity index (χ0) is 17.3. The Bertz CT molecular complexity index is 945. The lowest BCUT2D eigenvalue weighted by atomic mass is 10.0. The van der Waals surface area contributed by atoms with E-state index in [4.69, 9.17) is 16.3 Å². The van der Waals surface area contributed by atoms with Crippen molar-refractivity contribution in [3.8, 4) is 5.75 Å². The average Bonchev–Trinajstić information content (AvgIpc) is 2.91. The molecule has 2 aromatic carbocycles. The van der Waals surface area contributed by atoms with Gasteiger partial charge < -0.3 is 14.8 Å². The maximum atomic E-state index is 12.9. The molecule has 3 rings (SSSR count). The van der Waals surface area contributed by atoms with E-state index in [-0.39, 0.29) is 17.9 Å². The van der Waals surface area contributed by atoms with E-state index in [1.807, 2.05) is 0 Å². The van der Waals surface area contributed by atoms with Crippen molar-refractivity contribution in [1.29, 1.82) is 0 Å². The highest BCUT2D eigenvalue weighted by molar-refractivity contribution is 6.31. The van der Waals surface area contributed by atoms with Gasteiger partial charge in [0.1, 0.15) is 5.75 Å².